The van der Waals surface area contributed by atoms with Crippen molar-refractivity contribution in [2.75, 3.05) is 13.9 Å². The average molecular weight is 186 g/mol. The van der Waals surface area contributed by atoms with Crippen LogP contribution in [0.3, 0.4) is 0 Å². The molecule has 2 heteroatoms. The van der Waals surface area contributed by atoms with Crippen molar-refractivity contribution in [3.8, 4) is 0 Å². The fourth-order valence-corrected chi connectivity index (χ4v) is 1.20. The summed E-state index contributed by atoms with van der Waals surface area (Å²) in [5.74, 6) is 0. The summed E-state index contributed by atoms with van der Waals surface area (Å²) in [5.41, 5.74) is 0. The summed E-state index contributed by atoms with van der Waals surface area (Å²) in [5, 5.41) is 0. The predicted octanol–water partition coefficient (Wildman–Crippen LogP) is 3.13. The molecular formula is C11H22O2. The van der Waals surface area contributed by atoms with E-state index < -0.39 is 0 Å². The Balaban J connectivity index is 3.31. The first-order valence-electron chi connectivity index (χ1n) is 5.08. The molecule has 0 spiro atoms. The Morgan fingerprint density at radius 2 is 2.08 bits per heavy atom. The van der Waals surface area contributed by atoms with Gasteiger partial charge in [0.1, 0.15) is 6.79 Å². The maximum atomic E-state index is 5.38. The van der Waals surface area contributed by atoms with Crippen LogP contribution in [0.15, 0.2) is 12.7 Å². The van der Waals surface area contributed by atoms with Gasteiger partial charge in [-0.1, -0.05) is 38.7 Å². The van der Waals surface area contributed by atoms with Crippen molar-refractivity contribution in [2.45, 2.75) is 45.1 Å². The first-order chi connectivity index (χ1) is 6.35. The van der Waals surface area contributed by atoms with Crippen LogP contribution in [0.5, 0.6) is 0 Å². The average Bonchev–Trinajstić information content (AvgIpc) is 2.17. The summed E-state index contributed by atoms with van der Waals surface area (Å²) in [6.45, 7) is 6.31. The van der Waals surface area contributed by atoms with Gasteiger partial charge in [-0.05, 0) is 6.42 Å². The van der Waals surface area contributed by atoms with Gasteiger partial charge in [-0.15, -0.1) is 6.58 Å². The van der Waals surface area contributed by atoms with Gasteiger partial charge in [0.15, 0.2) is 0 Å². The van der Waals surface area contributed by atoms with Gasteiger partial charge in [0.05, 0.1) is 6.10 Å². The SMILES string of the molecule is C=CC(CCCCCC)OCOC. The topological polar surface area (TPSA) is 18.5 Å². The predicted molar refractivity (Wildman–Crippen MR) is 55.7 cm³/mol. The van der Waals surface area contributed by atoms with E-state index in [1.807, 2.05) is 6.08 Å². The lowest BCUT2D eigenvalue weighted by atomic mass is 10.1. The van der Waals surface area contributed by atoms with E-state index in [0.717, 1.165) is 6.42 Å². The van der Waals surface area contributed by atoms with Crippen LogP contribution in [0.4, 0.5) is 0 Å². The number of rotatable bonds is 9. The first-order valence-corrected chi connectivity index (χ1v) is 5.08. The fraction of sp³-hybridized carbons (Fsp3) is 0.818. The molecule has 0 rings (SSSR count). The molecule has 78 valence electrons. The van der Waals surface area contributed by atoms with Gasteiger partial charge in [-0.25, -0.2) is 0 Å². The number of hydrogen-bond donors (Lipinski definition) is 0. The molecule has 0 amide bonds. The van der Waals surface area contributed by atoms with E-state index in [4.69, 9.17) is 9.47 Å². The minimum atomic E-state index is 0.164. The Labute approximate surface area is 81.9 Å². The van der Waals surface area contributed by atoms with Gasteiger partial charge in [-0.2, -0.15) is 0 Å². The smallest absolute Gasteiger partial charge is 0.147 e. The van der Waals surface area contributed by atoms with Gasteiger partial charge < -0.3 is 9.47 Å². The summed E-state index contributed by atoms with van der Waals surface area (Å²) < 4.78 is 10.2. The Kier molecular flexibility index (Phi) is 9.49. The largest absolute Gasteiger partial charge is 0.359 e. The maximum Gasteiger partial charge on any atom is 0.147 e. The summed E-state index contributed by atoms with van der Waals surface area (Å²) >= 11 is 0. The zero-order chi connectivity index (χ0) is 9.94. The highest BCUT2D eigenvalue weighted by Crippen LogP contribution is 2.08. The first kappa shape index (κ1) is 12.7. The Bertz CT molecular complexity index is 113. The highest BCUT2D eigenvalue weighted by atomic mass is 16.7. The normalized spacial score (nSPS) is 12.8. The highest BCUT2D eigenvalue weighted by molar-refractivity contribution is 4.79. The van der Waals surface area contributed by atoms with Crippen LogP contribution in [0.25, 0.3) is 0 Å². The molecule has 0 fully saturated rings. The summed E-state index contributed by atoms with van der Waals surface area (Å²) in [4.78, 5) is 0. The standard InChI is InChI=1S/C11H22O2/c1-4-6-7-8-9-11(5-2)13-10-12-3/h5,11H,2,4,6-10H2,1,3H3. The number of unbranched alkanes of at least 4 members (excludes halogenated alkanes) is 3. The molecule has 0 aliphatic rings. The molecular weight excluding hydrogens is 164 g/mol. The molecule has 2 nitrogen and oxygen atoms in total. The van der Waals surface area contributed by atoms with Crippen LogP contribution in [0.1, 0.15) is 39.0 Å². The molecule has 13 heavy (non-hydrogen) atoms. The second kappa shape index (κ2) is 9.75. The third-order valence-electron chi connectivity index (χ3n) is 2.01. The van der Waals surface area contributed by atoms with Crippen molar-refractivity contribution in [2.24, 2.45) is 0 Å². The molecule has 0 aliphatic carbocycles. The van der Waals surface area contributed by atoms with Crippen molar-refractivity contribution in [3.63, 3.8) is 0 Å². The van der Waals surface area contributed by atoms with Crippen LogP contribution < -0.4 is 0 Å². The van der Waals surface area contributed by atoms with E-state index in [0.29, 0.717) is 6.79 Å². The molecule has 0 N–H and O–H groups in total. The monoisotopic (exact) mass is 186 g/mol. The van der Waals surface area contributed by atoms with E-state index in [1.54, 1.807) is 7.11 Å². The molecule has 1 unspecified atom stereocenters. The lowest BCUT2D eigenvalue weighted by molar-refractivity contribution is -0.0579. The second-order valence-electron chi connectivity index (χ2n) is 3.20. The van der Waals surface area contributed by atoms with Gasteiger partial charge in [0.2, 0.25) is 0 Å². The van der Waals surface area contributed by atoms with Crippen molar-refractivity contribution >= 4 is 0 Å². The van der Waals surface area contributed by atoms with E-state index in [-0.39, 0.29) is 6.10 Å². The summed E-state index contributed by atoms with van der Waals surface area (Å²) in [7, 11) is 1.64. The van der Waals surface area contributed by atoms with Crippen molar-refractivity contribution < 1.29 is 9.47 Å². The molecule has 0 aromatic carbocycles. The van der Waals surface area contributed by atoms with Crippen LogP contribution in [-0.4, -0.2) is 20.0 Å². The Hall–Kier alpha value is -0.340. The van der Waals surface area contributed by atoms with Gasteiger partial charge >= 0.3 is 0 Å². The molecule has 0 heterocycles. The molecule has 0 saturated heterocycles. The molecule has 1 atom stereocenters. The van der Waals surface area contributed by atoms with Crippen LogP contribution in [0.2, 0.25) is 0 Å². The minimum Gasteiger partial charge on any atom is -0.359 e. The third-order valence-corrected chi connectivity index (χ3v) is 2.01. The van der Waals surface area contributed by atoms with Crippen LogP contribution in [0, 0.1) is 0 Å². The van der Waals surface area contributed by atoms with Crippen molar-refractivity contribution in [1.82, 2.24) is 0 Å². The van der Waals surface area contributed by atoms with Gasteiger partial charge in [-0.3, -0.25) is 0 Å². The lowest BCUT2D eigenvalue weighted by Crippen LogP contribution is -2.11. The summed E-state index contributed by atoms with van der Waals surface area (Å²) in [6, 6.07) is 0. The van der Waals surface area contributed by atoms with Gasteiger partial charge in [0, 0.05) is 7.11 Å². The van der Waals surface area contributed by atoms with E-state index in [1.165, 1.54) is 25.7 Å². The number of methoxy groups -OCH3 is 1. The van der Waals surface area contributed by atoms with E-state index in [9.17, 15) is 0 Å². The maximum absolute atomic E-state index is 5.38. The molecule has 0 radical (unpaired) electrons. The van der Waals surface area contributed by atoms with Gasteiger partial charge in [0.25, 0.3) is 0 Å². The molecule has 0 aromatic rings. The lowest BCUT2D eigenvalue weighted by Gasteiger charge is -2.12. The van der Waals surface area contributed by atoms with Crippen LogP contribution in [-0.2, 0) is 9.47 Å². The quantitative estimate of drug-likeness (QED) is 0.313. The van der Waals surface area contributed by atoms with E-state index >= 15 is 0 Å². The van der Waals surface area contributed by atoms with Crippen molar-refractivity contribution in [3.05, 3.63) is 12.7 Å². The molecule has 0 aromatic heterocycles. The zero-order valence-corrected chi connectivity index (χ0v) is 8.92. The highest BCUT2D eigenvalue weighted by Gasteiger charge is 2.02. The number of hydrogen-bond acceptors (Lipinski definition) is 2. The second-order valence-corrected chi connectivity index (χ2v) is 3.20. The minimum absolute atomic E-state index is 0.164. The molecule has 0 aliphatic heterocycles. The van der Waals surface area contributed by atoms with E-state index in [2.05, 4.69) is 13.5 Å². The zero-order valence-electron chi connectivity index (χ0n) is 8.92. The Morgan fingerprint density at radius 3 is 2.62 bits per heavy atom. The summed E-state index contributed by atoms with van der Waals surface area (Å²) in [6.07, 6.45) is 8.17. The Morgan fingerprint density at radius 1 is 1.31 bits per heavy atom. The third kappa shape index (κ3) is 8.00. The number of ether oxygens (including phenoxy) is 2. The molecule has 0 saturated carbocycles. The fourth-order valence-electron chi connectivity index (χ4n) is 1.20. The molecule has 0 bridgehead atoms. The van der Waals surface area contributed by atoms with Crippen LogP contribution >= 0.6 is 0 Å². The van der Waals surface area contributed by atoms with Crippen molar-refractivity contribution in [1.29, 1.82) is 0 Å².